The zero-order chi connectivity index (χ0) is 57.5. The predicted molar refractivity (Wildman–Crippen MR) is 289 cm³/mol. The number of rotatable bonds is 18. The van der Waals surface area contributed by atoms with E-state index in [0.29, 0.717) is 89.8 Å². The predicted octanol–water partition coefficient (Wildman–Crippen LogP) is 8.12. The highest BCUT2D eigenvalue weighted by molar-refractivity contribution is 7.87. The van der Waals surface area contributed by atoms with Gasteiger partial charge in [-0.25, -0.2) is 13.2 Å². The summed E-state index contributed by atoms with van der Waals surface area (Å²) in [5.41, 5.74) is 1.68. The van der Waals surface area contributed by atoms with Crippen molar-refractivity contribution in [2.45, 2.75) is 150 Å². The molecule has 2 amide bonds. The van der Waals surface area contributed by atoms with Crippen LogP contribution in [0.4, 0.5) is 11.4 Å². The summed E-state index contributed by atoms with van der Waals surface area (Å²) >= 11 is 0. The van der Waals surface area contributed by atoms with Gasteiger partial charge in [-0.3, -0.25) is 28.1 Å². The molecule has 0 aromatic heterocycles. The molecule has 7 rings (SSSR count). The Morgan fingerprint density at radius 3 is 1.77 bits per heavy atom. The molecule has 0 saturated carbocycles. The van der Waals surface area contributed by atoms with Crippen LogP contribution in [0.5, 0.6) is 0 Å². The summed E-state index contributed by atoms with van der Waals surface area (Å²) in [5.74, 6) is -1.94. The molecule has 3 aliphatic heterocycles. The molecule has 24 heteroatoms. The van der Waals surface area contributed by atoms with Crippen LogP contribution < -0.4 is 4.90 Å². The van der Waals surface area contributed by atoms with E-state index in [2.05, 4.69) is 39.5 Å². The molecule has 418 valence electrons. The molecule has 3 heterocycles. The molecule has 0 atom stereocenters. The second kappa shape index (κ2) is 22.6. The maximum Gasteiger partial charge on any atom is 0.333 e. The number of unbranched alkanes of at least 4 members (excludes halogenated alkanes) is 2. The largest absolute Gasteiger partial charge is 0.744 e. The molecule has 20 nitrogen and oxygen atoms in total. The normalized spacial score (nSPS) is 17.3. The fourth-order valence-corrected chi connectivity index (χ4v) is 13.4. The van der Waals surface area contributed by atoms with Gasteiger partial charge in [0.15, 0.2) is 5.71 Å². The number of fused-ring (bicyclic) bond motifs is 6. The first-order valence-corrected chi connectivity index (χ1v) is 30.7. The van der Waals surface area contributed by atoms with Crippen LogP contribution in [0.3, 0.4) is 0 Å². The Kier molecular flexibility index (Phi) is 17.7. The van der Waals surface area contributed by atoms with E-state index in [4.69, 9.17) is 4.84 Å². The first-order valence-electron chi connectivity index (χ1n) is 25.0. The fourth-order valence-electron chi connectivity index (χ4n) is 10.8. The first-order chi connectivity index (χ1) is 35.6. The van der Waals surface area contributed by atoms with E-state index in [0.717, 1.165) is 24.4 Å². The van der Waals surface area contributed by atoms with E-state index in [9.17, 15) is 66.3 Å². The van der Waals surface area contributed by atoms with Crippen LogP contribution in [0.1, 0.15) is 119 Å². The Morgan fingerprint density at radius 2 is 1.26 bits per heavy atom. The zero-order valence-corrected chi connectivity index (χ0v) is 47.9. The van der Waals surface area contributed by atoms with E-state index in [-0.39, 0.29) is 40.8 Å². The van der Waals surface area contributed by atoms with Gasteiger partial charge in [-0.15, -0.1) is 5.06 Å². The molecule has 0 aliphatic carbocycles. The van der Waals surface area contributed by atoms with Gasteiger partial charge in [0.25, 0.3) is 42.2 Å². The minimum atomic E-state index is -5.19. The molecule has 3 aliphatic rings. The molecule has 4 aromatic carbocycles. The van der Waals surface area contributed by atoms with Crippen molar-refractivity contribution < 1.29 is 75.7 Å². The lowest BCUT2D eigenvalue weighted by molar-refractivity contribution is -0.438. The summed E-state index contributed by atoms with van der Waals surface area (Å²) in [4.78, 5) is 42.6. The second-order valence-corrected chi connectivity index (χ2v) is 26.1. The lowest BCUT2D eigenvalue weighted by atomic mass is 9.79. The van der Waals surface area contributed by atoms with Gasteiger partial charge in [-0.2, -0.15) is 29.8 Å². The van der Waals surface area contributed by atoms with Crippen molar-refractivity contribution in [3.63, 3.8) is 0 Å². The maximum atomic E-state index is 12.6. The standard InChI is InChI=1S/C45H47N3O16S4.C8H19N/c1-6-46-33-18-16-29-31(23-27(65(52,53)54)25-35(29)67(58,59)60)42(33)44(2,3)37(46)13-9-7-10-14-38-45(4,5)43-32-24-28(66(55,56)57)26-36(68(61,62)63)30(32)17-19-34(43)47(38)22-12-8-11-15-41(51)64-48-39(49)20-21-40(48)50;1-6-9(7(2)3)8(4)5/h7,9-10,13-14,16-19,23-26H,6,8,11-12,15,20-22H2,1-5H3,(H3-,52,53,54,55,56,57,58,59,60,61,62,63);7-8H,6H2,1-5H3. The molecule has 0 unspecified atom stereocenters. The number of hydroxylamine groups is 2. The van der Waals surface area contributed by atoms with Crippen LogP contribution in [0.2, 0.25) is 0 Å². The quantitative estimate of drug-likeness (QED) is 0.0278. The van der Waals surface area contributed by atoms with Crippen LogP contribution in [0.25, 0.3) is 21.5 Å². The number of anilines is 1. The Hall–Kier alpha value is -5.70. The third kappa shape index (κ3) is 12.6. The molecular formula is C53H66N4O16S4. The summed E-state index contributed by atoms with van der Waals surface area (Å²) in [6.07, 6.45) is 9.96. The molecule has 0 radical (unpaired) electrons. The van der Waals surface area contributed by atoms with Crippen molar-refractivity contribution in [1.82, 2.24) is 9.96 Å². The first kappa shape index (κ1) is 60.5. The molecular weight excluding hydrogens is 1080 g/mol. The summed E-state index contributed by atoms with van der Waals surface area (Å²) in [6.45, 7) is 22.3. The third-order valence-electron chi connectivity index (χ3n) is 14.1. The lowest BCUT2D eigenvalue weighted by Crippen LogP contribution is -2.36. The minimum absolute atomic E-state index is 0.00502. The van der Waals surface area contributed by atoms with Crippen LogP contribution in [0, 0.1) is 0 Å². The number of carbonyl (C=O) groups excluding carboxylic acids is 3. The van der Waals surface area contributed by atoms with E-state index < -0.39 is 88.7 Å². The van der Waals surface area contributed by atoms with Crippen LogP contribution in [-0.4, -0.2) is 122 Å². The van der Waals surface area contributed by atoms with Crippen molar-refractivity contribution in [2.24, 2.45) is 0 Å². The SMILES string of the molecule is CCN(C(C)C)C(C)C.CCN1\C(=C/C=C/C=C/C2=[N+](CCCCCC(=O)ON3C(=O)CCC3=O)c3ccc4c(S(=O)(=O)O)cc(S(=O)(=O)O)cc4c3C2(C)C)C(C)(C)c2c1ccc1c(S(=O)(=O)[O-])cc(S(=O)(=O)O)cc21. The van der Waals surface area contributed by atoms with Gasteiger partial charge in [-0.05, 0) is 132 Å². The fraction of sp³-hybridized carbons (Fsp3) is 0.434. The van der Waals surface area contributed by atoms with E-state index >= 15 is 0 Å². The molecule has 0 spiro atoms. The highest BCUT2D eigenvalue weighted by Crippen LogP contribution is 2.52. The smallest absolute Gasteiger partial charge is 0.333 e. The summed E-state index contributed by atoms with van der Waals surface area (Å²) in [7, 11) is -20.1. The van der Waals surface area contributed by atoms with Gasteiger partial charge in [0.1, 0.15) is 21.6 Å². The van der Waals surface area contributed by atoms with Crippen molar-refractivity contribution >= 4 is 96.9 Å². The van der Waals surface area contributed by atoms with Crippen LogP contribution >= 0.6 is 0 Å². The van der Waals surface area contributed by atoms with Crippen molar-refractivity contribution in [2.75, 3.05) is 24.5 Å². The molecule has 77 heavy (non-hydrogen) atoms. The molecule has 4 aromatic rings. The van der Waals surface area contributed by atoms with Gasteiger partial charge in [0.2, 0.25) is 5.69 Å². The number of imide groups is 1. The Bertz CT molecular complexity index is 3630. The van der Waals surface area contributed by atoms with E-state index in [1.165, 1.54) is 12.1 Å². The third-order valence-corrected chi connectivity index (χ3v) is 17.6. The summed E-state index contributed by atoms with van der Waals surface area (Å²) in [5, 5.41) is 0.764. The van der Waals surface area contributed by atoms with Gasteiger partial charge in [0.05, 0.1) is 20.1 Å². The van der Waals surface area contributed by atoms with E-state index in [1.54, 1.807) is 36.4 Å². The number of carbonyl (C=O) groups is 3. The highest BCUT2D eigenvalue weighted by atomic mass is 32.2. The minimum Gasteiger partial charge on any atom is -0.744 e. The average Bonchev–Trinajstić information content (AvgIpc) is 3.86. The monoisotopic (exact) mass is 1140 g/mol. The Labute approximate surface area is 450 Å². The molecule has 1 saturated heterocycles. The van der Waals surface area contributed by atoms with Gasteiger partial charge in [-0.1, -0.05) is 45.1 Å². The zero-order valence-electron chi connectivity index (χ0n) is 44.6. The lowest BCUT2D eigenvalue weighted by Gasteiger charge is -2.28. The van der Waals surface area contributed by atoms with Crippen molar-refractivity contribution in [1.29, 1.82) is 0 Å². The van der Waals surface area contributed by atoms with Gasteiger partial charge >= 0.3 is 5.97 Å². The molecule has 3 N–H and O–H groups in total. The number of hydrogen-bond donors (Lipinski definition) is 3. The number of hydrogen-bond acceptors (Lipinski definition) is 15. The van der Waals surface area contributed by atoms with Gasteiger partial charge in [0, 0.05) is 84.2 Å². The average molecular weight is 1140 g/mol. The molecule has 1 fully saturated rings. The Morgan fingerprint density at radius 1 is 0.714 bits per heavy atom. The van der Waals surface area contributed by atoms with Crippen molar-refractivity contribution in [3.05, 3.63) is 95.7 Å². The number of amides is 2. The topological polar surface area (TPSA) is 293 Å². The number of benzene rings is 4. The molecule has 0 bridgehead atoms. The maximum absolute atomic E-state index is 12.6. The number of allylic oxidation sites excluding steroid dienone is 6. The number of nitrogens with zero attached hydrogens (tertiary/aromatic N) is 4. The Balaban J connectivity index is 0.000000977. The second-order valence-electron chi connectivity index (χ2n) is 20.5. The van der Waals surface area contributed by atoms with Crippen LogP contribution in [-0.2, 0) is 70.5 Å². The summed E-state index contributed by atoms with van der Waals surface area (Å²) < 4.78 is 144. The summed E-state index contributed by atoms with van der Waals surface area (Å²) in [6, 6.07) is 11.1. The van der Waals surface area contributed by atoms with E-state index in [1.807, 2.05) is 50.2 Å². The van der Waals surface area contributed by atoms with Crippen LogP contribution in [0.15, 0.2) is 104 Å². The van der Waals surface area contributed by atoms with Gasteiger partial charge < -0.3 is 14.3 Å². The van der Waals surface area contributed by atoms with Crippen molar-refractivity contribution in [3.8, 4) is 0 Å². The highest BCUT2D eigenvalue weighted by Gasteiger charge is 2.46. The number of likely N-dealkylation sites (N-methyl/N-ethyl adjacent to an activating group) is 1.